The van der Waals surface area contributed by atoms with E-state index in [1.807, 2.05) is 13.1 Å². The Kier molecular flexibility index (Phi) is 1.03. The van der Waals surface area contributed by atoms with Crippen LogP contribution >= 0.6 is 0 Å². The maximum atomic E-state index is 4.19. The van der Waals surface area contributed by atoms with Crippen LogP contribution in [0, 0.1) is 6.92 Å². The monoisotopic (exact) mass is 133 g/mol. The molecule has 0 N–H and O–H groups in total. The summed E-state index contributed by atoms with van der Waals surface area (Å²) in [5.41, 5.74) is 1.11. The fraction of sp³-hybridized carbons (Fsp3) is 0.286. The van der Waals surface area contributed by atoms with Crippen LogP contribution in [-0.4, -0.2) is 11.7 Å². The molecule has 50 valence electrons. The van der Waals surface area contributed by atoms with Gasteiger partial charge in [-0.2, -0.15) is 0 Å². The van der Waals surface area contributed by atoms with Crippen molar-refractivity contribution in [2.75, 3.05) is 6.67 Å². The van der Waals surface area contributed by atoms with Gasteiger partial charge in [0.25, 0.3) is 0 Å². The van der Waals surface area contributed by atoms with Gasteiger partial charge in [-0.05, 0) is 12.5 Å². The molecule has 0 spiro atoms. The minimum Gasteiger partial charge on any atom is -0.262 e. The molecule has 0 amide bonds. The predicted molar refractivity (Wildman–Crippen MR) is 36.2 cm³/mol. The van der Waals surface area contributed by atoms with Crippen LogP contribution in [0.4, 0.5) is 0 Å². The van der Waals surface area contributed by atoms with Gasteiger partial charge in [0.1, 0.15) is 12.0 Å². The summed E-state index contributed by atoms with van der Waals surface area (Å²) in [5, 5.41) is 1.94. The maximum Gasteiger partial charge on any atom is 0.131 e. The van der Waals surface area contributed by atoms with Gasteiger partial charge in [0.2, 0.25) is 0 Å². The molecule has 3 nitrogen and oxygen atoms in total. The molecule has 1 aliphatic rings. The highest BCUT2D eigenvalue weighted by molar-refractivity contribution is 5.06. The minimum atomic E-state index is 0.571. The lowest BCUT2D eigenvalue weighted by Gasteiger charge is -1.86. The first-order valence-corrected chi connectivity index (χ1v) is 3.17. The quantitative estimate of drug-likeness (QED) is 0.474. The van der Waals surface area contributed by atoms with Gasteiger partial charge >= 0.3 is 0 Å². The molecular weight excluding hydrogens is 126 g/mol. The van der Waals surface area contributed by atoms with E-state index in [1.54, 1.807) is 6.20 Å². The van der Waals surface area contributed by atoms with Crippen molar-refractivity contribution in [3.63, 3.8) is 0 Å². The third kappa shape index (κ3) is 0.635. The molecule has 0 aromatic carbocycles. The normalized spacial score (nSPS) is 13.7. The van der Waals surface area contributed by atoms with Crippen molar-refractivity contribution in [3.05, 3.63) is 28.7 Å². The predicted octanol–water partition coefficient (Wildman–Crippen LogP) is -0.400. The highest BCUT2D eigenvalue weighted by Gasteiger charge is 1.97. The van der Waals surface area contributed by atoms with Crippen LogP contribution in [0.1, 0.15) is 5.56 Å². The number of nitrogens with zero attached hydrogens (tertiary/aromatic N) is 3. The van der Waals surface area contributed by atoms with Crippen molar-refractivity contribution < 1.29 is 0 Å². The molecule has 1 aromatic rings. The number of aromatic nitrogens is 1. The Morgan fingerprint density at radius 2 is 2.20 bits per heavy atom. The summed E-state index contributed by atoms with van der Waals surface area (Å²) in [4.78, 5) is 12.3. The van der Waals surface area contributed by atoms with Crippen molar-refractivity contribution in [1.82, 2.24) is 4.98 Å². The van der Waals surface area contributed by atoms with E-state index in [0.717, 1.165) is 16.3 Å². The number of fused-ring (bicyclic) bond motifs is 1. The molecule has 0 saturated heterocycles. The Bertz CT molecular complexity index is 367. The summed E-state index contributed by atoms with van der Waals surface area (Å²) in [6.07, 6.45) is 3.56. The number of hydrogen-bond acceptors (Lipinski definition) is 3. The third-order valence-electron chi connectivity index (χ3n) is 1.55. The summed E-state index contributed by atoms with van der Waals surface area (Å²) in [6, 6.07) is 0. The first-order valence-electron chi connectivity index (χ1n) is 3.17. The fourth-order valence-corrected chi connectivity index (χ4v) is 1.05. The molecule has 10 heavy (non-hydrogen) atoms. The van der Waals surface area contributed by atoms with Crippen molar-refractivity contribution in [1.29, 1.82) is 0 Å². The molecule has 0 saturated carbocycles. The zero-order valence-corrected chi connectivity index (χ0v) is 5.70. The highest BCUT2D eigenvalue weighted by Crippen LogP contribution is 1.83. The van der Waals surface area contributed by atoms with Gasteiger partial charge in [-0.25, -0.2) is 0 Å². The molecule has 2 heterocycles. The van der Waals surface area contributed by atoms with Crippen molar-refractivity contribution in [2.24, 2.45) is 9.98 Å². The van der Waals surface area contributed by atoms with E-state index in [4.69, 9.17) is 0 Å². The molecule has 0 unspecified atom stereocenters. The third-order valence-corrected chi connectivity index (χ3v) is 1.55. The lowest BCUT2D eigenvalue weighted by atomic mass is 10.3. The van der Waals surface area contributed by atoms with Gasteiger partial charge in [0.05, 0.1) is 11.6 Å². The van der Waals surface area contributed by atoms with E-state index >= 15 is 0 Å². The molecule has 0 radical (unpaired) electrons. The van der Waals surface area contributed by atoms with Crippen LogP contribution in [0.3, 0.4) is 0 Å². The van der Waals surface area contributed by atoms with Crippen LogP contribution in [0.25, 0.3) is 0 Å². The van der Waals surface area contributed by atoms with Gasteiger partial charge < -0.3 is 0 Å². The molecule has 1 aliphatic heterocycles. The van der Waals surface area contributed by atoms with E-state index in [-0.39, 0.29) is 0 Å². The summed E-state index contributed by atoms with van der Waals surface area (Å²) in [7, 11) is 0. The molecule has 3 heteroatoms. The Hall–Kier alpha value is -1.25. The van der Waals surface area contributed by atoms with E-state index in [2.05, 4.69) is 15.0 Å². The Morgan fingerprint density at radius 1 is 1.30 bits per heavy atom. The second-order valence-corrected chi connectivity index (χ2v) is 2.28. The minimum absolute atomic E-state index is 0.571. The summed E-state index contributed by atoms with van der Waals surface area (Å²) in [6.45, 7) is 2.57. The van der Waals surface area contributed by atoms with E-state index in [9.17, 15) is 0 Å². The molecule has 1 aromatic heterocycles. The number of hydrogen-bond donors (Lipinski definition) is 0. The Labute approximate surface area is 58.2 Å². The average Bonchev–Trinajstić information content (AvgIpc) is 2.36. The van der Waals surface area contributed by atoms with Gasteiger partial charge in [0, 0.05) is 6.20 Å². The van der Waals surface area contributed by atoms with Crippen LogP contribution in [0.15, 0.2) is 22.4 Å². The lowest BCUT2D eigenvalue weighted by molar-refractivity contribution is 1.05. The number of aryl methyl sites for hydroxylation is 1. The van der Waals surface area contributed by atoms with Gasteiger partial charge in [-0.3, -0.25) is 15.0 Å². The average molecular weight is 133 g/mol. The number of pyridine rings is 1. The van der Waals surface area contributed by atoms with Crippen LogP contribution in [0.2, 0.25) is 0 Å². The zero-order valence-electron chi connectivity index (χ0n) is 5.70. The molecule has 0 atom stereocenters. The van der Waals surface area contributed by atoms with Crippen LogP contribution in [0.5, 0.6) is 0 Å². The first kappa shape index (κ1) is 5.53. The Balaban J connectivity index is 2.97. The maximum absolute atomic E-state index is 4.19. The molecule has 0 bridgehead atoms. The second kappa shape index (κ2) is 1.87. The lowest BCUT2D eigenvalue weighted by Crippen LogP contribution is -2.24. The van der Waals surface area contributed by atoms with Crippen LogP contribution in [-0.2, 0) is 0 Å². The molecule has 0 aliphatic carbocycles. The number of rotatable bonds is 0. The van der Waals surface area contributed by atoms with Crippen LogP contribution < -0.4 is 10.7 Å². The summed E-state index contributed by atoms with van der Waals surface area (Å²) < 4.78 is 0. The second-order valence-electron chi connectivity index (χ2n) is 2.28. The van der Waals surface area contributed by atoms with E-state index < -0.39 is 0 Å². The molecule has 2 rings (SSSR count). The first-order chi connectivity index (χ1) is 4.88. The van der Waals surface area contributed by atoms with Crippen molar-refractivity contribution in [3.8, 4) is 0 Å². The smallest absolute Gasteiger partial charge is 0.131 e. The van der Waals surface area contributed by atoms with Gasteiger partial charge in [-0.1, -0.05) is 0 Å². The largest absolute Gasteiger partial charge is 0.262 e. The molecular formula is C7H7N3. The SMILES string of the molecule is Cc1cncc2c1=NCN=2. The topological polar surface area (TPSA) is 37.6 Å². The molecule has 0 fully saturated rings. The summed E-state index contributed by atoms with van der Waals surface area (Å²) >= 11 is 0. The highest BCUT2D eigenvalue weighted by atomic mass is 15.0. The standard InChI is InChI=1S/C7H7N3/c1-5-2-8-3-6-7(5)10-4-9-6/h2-3H,4H2,1H3. The van der Waals surface area contributed by atoms with E-state index in [0.29, 0.717) is 6.67 Å². The fourth-order valence-electron chi connectivity index (χ4n) is 1.05. The van der Waals surface area contributed by atoms with Gasteiger partial charge in [0.15, 0.2) is 0 Å². The van der Waals surface area contributed by atoms with Crippen molar-refractivity contribution in [2.45, 2.75) is 6.92 Å². The van der Waals surface area contributed by atoms with Gasteiger partial charge in [-0.15, -0.1) is 0 Å². The van der Waals surface area contributed by atoms with Crippen molar-refractivity contribution >= 4 is 0 Å². The Morgan fingerprint density at radius 3 is 3.00 bits per heavy atom. The van der Waals surface area contributed by atoms with E-state index in [1.165, 1.54) is 0 Å². The zero-order chi connectivity index (χ0) is 6.97. The summed E-state index contributed by atoms with van der Waals surface area (Å²) in [5.74, 6) is 0.